The molecule has 2 amide bonds. The fourth-order valence-electron chi connectivity index (χ4n) is 2.89. The number of alkyl halides is 3. The van der Waals surface area contributed by atoms with Gasteiger partial charge in [-0.1, -0.05) is 17.3 Å². The third kappa shape index (κ3) is 6.13. The normalized spacial score (nSPS) is 11.2. The van der Waals surface area contributed by atoms with E-state index in [9.17, 15) is 22.8 Å². The van der Waals surface area contributed by atoms with Gasteiger partial charge in [0.15, 0.2) is 0 Å². The predicted octanol–water partition coefficient (Wildman–Crippen LogP) is 3.61. The van der Waals surface area contributed by atoms with Gasteiger partial charge >= 0.3 is 12.1 Å². The van der Waals surface area contributed by atoms with Crippen molar-refractivity contribution in [3.8, 4) is 11.4 Å². The van der Waals surface area contributed by atoms with Gasteiger partial charge in [-0.2, -0.15) is 18.2 Å². The van der Waals surface area contributed by atoms with Gasteiger partial charge in [-0.15, -0.1) is 0 Å². The lowest BCUT2D eigenvalue weighted by Crippen LogP contribution is -2.40. The van der Waals surface area contributed by atoms with Crippen LogP contribution in [-0.2, 0) is 22.6 Å². The minimum atomic E-state index is -4.94. The smallest absolute Gasteiger partial charge is 0.339 e. The van der Waals surface area contributed by atoms with Gasteiger partial charge in [0.1, 0.15) is 0 Å². The summed E-state index contributed by atoms with van der Waals surface area (Å²) in [5.41, 5.74) is 1.61. The van der Waals surface area contributed by atoms with Crippen LogP contribution >= 0.6 is 0 Å². The molecule has 3 rings (SSSR count). The number of aromatic nitrogens is 3. The molecule has 0 aliphatic carbocycles. The Morgan fingerprint density at radius 2 is 1.91 bits per heavy atom. The fourth-order valence-corrected chi connectivity index (χ4v) is 2.89. The maximum atomic E-state index is 12.7. The summed E-state index contributed by atoms with van der Waals surface area (Å²) in [6.07, 6.45) is -1.45. The van der Waals surface area contributed by atoms with Crippen LogP contribution in [0.15, 0.2) is 53.3 Å². The summed E-state index contributed by atoms with van der Waals surface area (Å²) < 4.78 is 43.2. The van der Waals surface area contributed by atoms with Gasteiger partial charge in [-0.25, -0.2) is 0 Å². The number of carbonyl (C=O) groups is 2. The fraction of sp³-hybridized carbons (Fsp3) is 0.286. The van der Waals surface area contributed by atoms with Crippen LogP contribution in [-0.4, -0.2) is 44.6 Å². The minimum Gasteiger partial charge on any atom is -0.339 e. The van der Waals surface area contributed by atoms with Crippen molar-refractivity contribution in [1.82, 2.24) is 20.0 Å². The molecule has 0 aliphatic rings. The van der Waals surface area contributed by atoms with Gasteiger partial charge in [0.05, 0.1) is 0 Å². The number of nitrogens with one attached hydrogen (secondary N) is 1. The summed E-state index contributed by atoms with van der Waals surface area (Å²) in [5, 5.41) is 6.55. The molecule has 0 atom stereocenters. The van der Waals surface area contributed by atoms with Gasteiger partial charge in [-0.3, -0.25) is 14.6 Å². The van der Waals surface area contributed by atoms with Crippen molar-refractivity contribution in [3.63, 3.8) is 0 Å². The van der Waals surface area contributed by atoms with E-state index in [4.69, 9.17) is 4.52 Å². The Hall–Kier alpha value is -3.76. The molecule has 0 unspecified atom stereocenters. The molecule has 0 aliphatic heterocycles. The van der Waals surface area contributed by atoms with Crippen LogP contribution in [0.4, 0.5) is 18.9 Å². The second-order valence-corrected chi connectivity index (χ2v) is 6.81. The van der Waals surface area contributed by atoms with Gasteiger partial charge in [0, 0.05) is 49.6 Å². The number of anilines is 1. The lowest BCUT2D eigenvalue weighted by atomic mass is 10.1. The van der Waals surface area contributed by atoms with Crippen LogP contribution in [0.2, 0.25) is 0 Å². The van der Waals surface area contributed by atoms with Crippen molar-refractivity contribution >= 4 is 17.5 Å². The molecule has 0 saturated carbocycles. The summed E-state index contributed by atoms with van der Waals surface area (Å²) in [4.78, 5) is 32.6. The molecule has 8 nitrogen and oxygen atoms in total. The van der Waals surface area contributed by atoms with Crippen molar-refractivity contribution < 1.29 is 27.3 Å². The first-order chi connectivity index (χ1) is 15.3. The second kappa shape index (κ2) is 10.0. The predicted molar refractivity (Wildman–Crippen MR) is 108 cm³/mol. The molecule has 3 aromatic rings. The highest BCUT2D eigenvalue weighted by Gasteiger charge is 2.41. The van der Waals surface area contributed by atoms with Gasteiger partial charge in [0.2, 0.25) is 17.6 Å². The molecule has 1 N–H and O–H groups in total. The zero-order valence-electron chi connectivity index (χ0n) is 17.1. The average molecular weight is 447 g/mol. The molecule has 0 saturated heterocycles. The summed E-state index contributed by atoms with van der Waals surface area (Å²) in [5.74, 6) is -1.54. The van der Waals surface area contributed by atoms with Crippen LogP contribution in [0.1, 0.15) is 24.8 Å². The first-order valence-corrected chi connectivity index (χ1v) is 9.74. The number of pyridine rings is 1. The molecule has 168 valence electrons. The van der Waals surface area contributed by atoms with E-state index in [1.54, 1.807) is 42.7 Å². The highest BCUT2D eigenvalue weighted by Crippen LogP contribution is 2.21. The van der Waals surface area contributed by atoms with Crippen molar-refractivity contribution in [2.24, 2.45) is 0 Å². The molecule has 1 aromatic carbocycles. The maximum Gasteiger partial charge on any atom is 0.471 e. The lowest BCUT2D eigenvalue weighted by Gasteiger charge is -2.22. The molecule has 32 heavy (non-hydrogen) atoms. The molecule has 0 radical (unpaired) electrons. The third-order valence-corrected chi connectivity index (χ3v) is 4.47. The number of amides is 2. The number of hydrogen-bond acceptors (Lipinski definition) is 6. The maximum absolute atomic E-state index is 12.7. The number of rotatable bonds is 8. The van der Waals surface area contributed by atoms with Crippen molar-refractivity contribution in [2.45, 2.75) is 32.5 Å². The Morgan fingerprint density at radius 1 is 1.16 bits per heavy atom. The number of halogens is 3. The molecule has 2 aromatic heterocycles. The van der Waals surface area contributed by atoms with E-state index < -0.39 is 12.1 Å². The Labute approximate surface area is 181 Å². The van der Waals surface area contributed by atoms with Gasteiger partial charge in [0.25, 0.3) is 0 Å². The van der Waals surface area contributed by atoms with E-state index in [2.05, 4.69) is 20.4 Å². The summed E-state index contributed by atoms with van der Waals surface area (Å²) in [6, 6.07) is 9.78. The zero-order valence-corrected chi connectivity index (χ0v) is 17.1. The van der Waals surface area contributed by atoms with E-state index in [-0.39, 0.29) is 31.8 Å². The Bertz CT molecular complexity index is 1070. The minimum absolute atomic E-state index is 0.0653. The first kappa shape index (κ1) is 22.9. The number of carbonyl (C=O) groups excluding carboxylic acids is 2. The molecule has 0 spiro atoms. The molecule has 11 heteroatoms. The summed E-state index contributed by atoms with van der Waals surface area (Å²) >= 11 is 0. The Kier molecular flexibility index (Phi) is 7.18. The van der Waals surface area contributed by atoms with E-state index in [0.29, 0.717) is 27.9 Å². The van der Waals surface area contributed by atoms with Crippen LogP contribution < -0.4 is 5.32 Å². The molecule has 0 bridgehead atoms. The van der Waals surface area contributed by atoms with Crippen LogP contribution in [0.3, 0.4) is 0 Å². The van der Waals surface area contributed by atoms with Crippen molar-refractivity contribution in [2.75, 3.05) is 11.9 Å². The SMILES string of the molecule is CCN(Cc1cccc(NC(=O)CCc2nc(-c3ccncc3)no2)c1)C(=O)C(F)(F)F. The van der Waals surface area contributed by atoms with Crippen molar-refractivity contribution in [1.29, 1.82) is 0 Å². The van der Waals surface area contributed by atoms with E-state index >= 15 is 0 Å². The van der Waals surface area contributed by atoms with Crippen LogP contribution in [0, 0.1) is 0 Å². The summed E-state index contributed by atoms with van der Waals surface area (Å²) in [7, 11) is 0. The second-order valence-electron chi connectivity index (χ2n) is 6.81. The first-order valence-electron chi connectivity index (χ1n) is 9.74. The number of hydrogen-bond donors (Lipinski definition) is 1. The van der Waals surface area contributed by atoms with E-state index in [1.807, 2.05) is 0 Å². The van der Waals surface area contributed by atoms with Crippen LogP contribution in [0.5, 0.6) is 0 Å². The molecular weight excluding hydrogens is 427 g/mol. The van der Waals surface area contributed by atoms with Crippen molar-refractivity contribution in [3.05, 3.63) is 60.2 Å². The molecule has 2 heterocycles. The van der Waals surface area contributed by atoms with E-state index in [1.165, 1.54) is 13.0 Å². The summed E-state index contributed by atoms with van der Waals surface area (Å²) in [6.45, 7) is 1.14. The quantitative estimate of drug-likeness (QED) is 0.566. The molecule has 0 fully saturated rings. The molecular formula is C21H20F3N5O3. The van der Waals surface area contributed by atoms with Gasteiger partial charge < -0.3 is 14.7 Å². The topological polar surface area (TPSA) is 101 Å². The Morgan fingerprint density at radius 3 is 2.59 bits per heavy atom. The standard InChI is InChI=1S/C21H20F3N5O3/c1-2-29(20(31)21(22,23)24)13-14-4-3-5-16(12-14)26-17(30)6-7-18-27-19(28-32-18)15-8-10-25-11-9-15/h3-5,8-12H,2,6-7,13H2,1H3,(H,26,30). The van der Waals surface area contributed by atoms with Gasteiger partial charge in [-0.05, 0) is 36.8 Å². The number of nitrogens with zero attached hydrogens (tertiary/aromatic N) is 4. The number of benzene rings is 1. The van der Waals surface area contributed by atoms with Crippen LogP contribution in [0.25, 0.3) is 11.4 Å². The largest absolute Gasteiger partial charge is 0.471 e. The third-order valence-electron chi connectivity index (χ3n) is 4.47. The average Bonchev–Trinajstić information content (AvgIpc) is 3.25. The Balaban J connectivity index is 1.56. The highest BCUT2D eigenvalue weighted by atomic mass is 19.4. The number of aryl methyl sites for hydroxylation is 1. The zero-order chi connectivity index (χ0) is 23.1. The van der Waals surface area contributed by atoms with E-state index in [0.717, 1.165) is 5.56 Å². The monoisotopic (exact) mass is 447 g/mol. The lowest BCUT2D eigenvalue weighted by molar-refractivity contribution is -0.185. The highest BCUT2D eigenvalue weighted by molar-refractivity contribution is 5.90.